The van der Waals surface area contributed by atoms with Gasteiger partial charge < -0.3 is 9.72 Å². The van der Waals surface area contributed by atoms with Crippen LogP contribution < -0.4 is 20.7 Å². The van der Waals surface area contributed by atoms with E-state index in [-0.39, 0.29) is 5.69 Å². The molecule has 0 amide bonds. The Morgan fingerprint density at radius 3 is 2.22 bits per heavy atom. The predicted octanol–water partition coefficient (Wildman–Crippen LogP) is 0.763. The third-order valence-electron chi connectivity index (χ3n) is 2.41. The molecule has 2 aromatic rings. The van der Waals surface area contributed by atoms with Gasteiger partial charge in [0.05, 0.1) is 0 Å². The van der Waals surface area contributed by atoms with Crippen molar-refractivity contribution in [2.24, 2.45) is 0 Å². The first-order valence-corrected chi connectivity index (χ1v) is 7.26. The van der Waals surface area contributed by atoms with Crippen molar-refractivity contribution >= 4 is 15.7 Å². The highest BCUT2D eigenvalue weighted by Gasteiger charge is 2.31. The van der Waals surface area contributed by atoms with E-state index in [4.69, 9.17) is 0 Å². The van der Waals surface area contributed by atoms with E-state index in [1.54, 1.807) is 4.98 Å². The second-order valence-electron chi connectivity index (χ2n) is 4.11. The zero-order valence-electron chi connectivity index (χ0n) is 11.0. The van der Waals surface area contributed by atoms with Gasteiger partial charge in [-0.15, -0.1) is 13.2 Å². The second kappa shape index (κ2) is 5.79. The molecule has 1 heterocycles. The topological polar surface area (TPSA) is 121 Å². The number of aromatic amines is 2. The maximum absolute atomic E-state index is 12.0. The molecule has 3 N–H and O–H groups in total. The molecule has 12 heteroatoms. The first-order chi connectivity index (χ1) is 10.6. The molecule has 8 nitrogen and oxygen atoms in total. The number of nitrogens with one attached hydrogen (secondary N) is 3. The minimum Gasteiger partial charge on any atom is -0.406 e. The van der Waals surface area contributed by atoms with Crippen molar-refractivity contribution in [2.45, 2.75) is 11.3 Å². The molecule has 1 aromatic heterocycles. The zero-order valence-corrected chi connectivity index (χ0v) is 11.8. The van der Waals surface area contributed by atoms with Gasteiger partial charge in [-0.2, -0.15) is 0 Å². The molecule has 2 rings (SSSR count). The van der Waals surface area contributed by atoms with Crippen LogP contribution in [0.5, 0.6) is 5.75 Å². The number of alkyl halides is 3. The average Bonchev–Trinajstić information content (AvgIpc) is 2.38. The van der Waals surface area contributed by atoms with Crippen LogP contribution in [0.25, 0.3) is 0 Å². The van der Waals surface area contributed by atoms with Gasteiger partial charge in [0.1, 0.15) is 5.75 Å². The number of hydrogen-bond donors (Lipinski definition) is 3. The van der Waals surface area contributed by atoms with Crippen molar-refractivity contribution in [3.8, 4) is 5.75 Å². The smallest absolute Gasteiger partial charge is 0.406 e. The molecule has 0 radical (unpaired) electrons. The zero-order chi connectivity index (χ0) is 17.3. The van der Waals surface area contributed by atoms with Gasteiger partial charge >= 0.3 is 12.1 Å². The number of rotatable bonds is 4. The fraction of sp³-hybridized carbons (Fsp3) is 0.0909. The van der Waals surface area contributed by atoms with Crippen LogP contribution in [0, 0.1) is 0 Å². The van der Waals surface area contributed by atoms with Crippen LogP contribution in [-0.4, -0.2) is 24.7 Å². The van der Waals surface area contributed by atoms with Crippen LogP contribution in [0.2, 0.25) is 0 Å². The Bertz CT molecular complexity index is 915. The number of ether oxygens (including phenoxy) is 1. The fourth-order valence-corrected chi connectivity index (χ4v) is 2.60. The summed E-state index contributed by atoms with van der Waals surface area (Å²) in [4.78, 5) is 25.3. The first-order valence-electron chi connectivity index (χ1n) is 5.77. The lowest BCUT2D eigenvalue weighted by molar-refractivity contribution is -0.274. The van der Waals surface area contributed by atoms with E-state index >= 15 is 0 Å². The highest BCUT2D eigenvalue weighted by molar-refractivity contribution is 7.92. The molecule has 23 heavy (non-hydrogen) atoms. The van der Waals surface area contributed by atoms with Gasteiger partial charge in [0.15, 0.2) is 4.90 Å². The first kappa shape index (κ1) is 16.6. The molecular weight excluding hydrogens is 343 g/mol. The largest absolute Gasteiger partial charge is 0.573 e. The molecule has 0 aliphatic heterocycles. The van der Waals surface area contributed by atoms with Crippen molar-refractivity contribution in [3.05, 3.63) is 51.3 Å². The molecule has 1 aromatic carbocycles. The molecule has 0 aliphatic rings. The molecule has 0 spiro atoms. The summed E-state index contributed by atoms with van der Waals surface area (Å²) in [6.45, 7) is 0. The van der Waals surface area contributed by atoms with Crippen molar-refractivity contribution in [2.75, 3.05) is 4.72 Å². The lowest BCUT2D eigenvalue weighted by Gasteiger charge is -2.10. The van der Waals surface area contributed by atoms with E-state index in [0.717, 1.165) is 24.3 Å². The van der Waals surface area contributed by atoms with Gasteiger partial charge in [-0.1, -0.05) is 0 Å². The highest BCUT2D eigenvalue weighted by atomic mass is 32.2. The van der Waals surface area contributed by atoms with Crippen LogP contribution in [-0.2, 0) is 10.0 Å². The number of halogens is 3. The van der Waals surface area contributed by atoms with E-state index in [1.165, 1.54) is 0 Å². The van der Waals surface area contributed by atoms with Gasteiger partial charge in [-0.25, -0.2) is 13.2 Å². The summed E-state index contributed by atoms with van der Waals surface area (Å²) in [5.41, 5.74) is -2.13. The van der Waals surface area contributed by atoms with Crippen LogP contribution in [0.3, 0.4) is 0 Å². The standard InChI is InChI=1S/C11H8F3N3O5S/c12-11(13,14)22-7-3-1-6(2-4-7)17-23(20,21)8-5-15-10(19)16-9(8)18/h1-5,17H,(H2,15,16,18,19). The number of sulfonamides is 1. The summed E-state index contributed by atoms with van der Waals surface area (Å²) < 4.78 is 65.6. The summed E-state index contributed by atoms with van der Waals surface area (Å²) in [6, 6.07) is 3.81. The van der Waals surface area contributed by atoms with E-state index in [2.05, 4.69) is 4.74 Å². The highest BCUT2D eigenvalue weighted by Crippen LogP contribution is 2.24. The Labute approximate surface area is 126 Å². The third kappa shape index (κ3) is 4.35. The van der Waals surface area contributed by atoms with Crippen molar-refractivity contribution in [1.29, 1.82) is 0 Å². The van der Waals surface area contributed by atoms with Crippen molar-refractivity contribution in [1.82, 2.24) is 9.97 Å². The van der Waals surface area contributed by atoms with E-state index in [0.29, 0.717) is 6.20 Å². The van der Waals surface area contributed by atoms with Gasteiger partial charge in [0, 0.05) is 11.9 Å². The van der Waals surface area contributed by atoms with Gasteiger partial charge in [-0.3, -0.25) is 14.5 Å². The molecule has 0 saturated carbocycles. The number of aromatic nitrogens is 2. The van der Waals surface area contributed by atoms with Gasteiger partial charge in [0.25, 0.3) is 15.6 Å². The Balaban J connectivity index is 2.24. The van der Waals surface area contributed by atoms with Crippen LogP contribution in [0.4, 0.5) is 18.9 Å². The Kier molecular flexibility index (Phi) is 4.18. The normalized spacial score (nSPS) is 12.0. The molecule has 0 unspecified atom stereocenters. The summed E-state index contributed by atoms with van der Waals surface area (Å²) in [6.07, 6.45) is -4.17. The maximum Gasteiger partial charge on any atom is 0.573 e. The Morgan fingerprint density at radius 1 is 1.09 bits per heavy atom. The maximum atomic E-state index is 12.0. The van der Waals surface area contributed by atoms with E-state index < -0.39 is 38.3 Å². The summed E-state index contributed by atoms with van der Waals surface area (Å²) in [5, 5.41) is 0. The molecule has 0 atom stereocenters. The number of anilines is 1. The minimum atomic E-state index is -4.87. The third-order valence-corrected chi connectivity index (χ3v) is 3.80. The predicted molar refractivity (Wildman–Crippen MR) is 71.6 cm³/mol. The molecule has 0 saturated heterocycles. The van der Waals surface area contributed by atoms with Gasteiger partial charge in [0.2, 0.25) is 0 Å². The summed E-state index contributed by atoms with van der Waals surface area (Å²) >= 11 is 0. The van der Waals surface area contributed by atoms with E-state index in [1.807, 2.05) is 9.71 Å². The average molecular weight is 351 g/mol. The lowest BCUT2D eigenvalue weighted by atomic mass is 10.3. The summed E-state index contributed by atoms with van der Waals surface area (Å²) in [5.74, 6) is -0.540. The van der Waals surface area contributed by atoms with E-state index in [9.17, 15) is 31.2 Å². The number of hydrogen-bond acceptors (Lipinski definition) is 5. The van der Waals surface area contributed by atoms with Crippen LogP contribution in [0.1, 0.15) is 0 Å². The van der Waals surface area contributed by atoms with Crippen LogP contribution >= 0.6 is 0 Å². The number of benzene rings is 1. The van der Waals surface area contributed by atoms with Gasteiger partial charge in [-0.05, 0) is 24.3 Å². The quantitative estimate of drug-likeness (QED) is 0.751. The molecule has 0 aliphatic carbocycles. The SMILES string of the molecule is O=c1[nH]cc(S(=O)(=O)Nc2ccc(OC(F)(F)F)cc2)c(=O)[nH]1. The number of H-pyrrole nitrogens is 2. The lowest BCUT2D eigenvalue weighted by Crippen LogP contribution is -2.29. The Hall–Kier alpha value is -2.76. The minimum absolute atomic E-state index is 0.106. The molecule has 0 fully saturated rings. The van der Waals surface area contributed by atoms with Crippen molar-refractivity contribution in [3.63, 3.8) is 0 Å². The van der Waals surface area contributed by atoms with Crippen LogP contribution in [0.15, 0.2) is 44.9 Å². The monoisotopic (exact) mass is 351 g/mol. The molecular formula is C11H8F3N3O5S. The second-order valence-corrected chi connectivity index (χ2v) is 5.76. The fourth-order valence-electron chi connectivity index (χ4n) is 1.53. The molecule has 124 valence electrons. The van der Waals surface area contributed by atoms with Crippen molar-refractivity contribution < 1.29 is 26.3 Å². The molecule has 0 bridgehead atoms. The summed E-state index contributed by atoms with van der Waals surface area (Å²) in [7, 11) is -4.34. The Morgan fingerprint density at radius 2 is 1.70 bits per heavy atom.